The van der Waals surface area contributed by atoms with Crippen LogP contribution in [-0.2, 0) is 21.4 Å². The second-order valence-electron chi connectivity index (χ2n) is 7.67. The van der Waals surface area contributed by atoms with Gasteiger partial charge in [-0.1, -0.05) is 19.0 Å². The standard InChI is InChI=1S/C20H26N2O5S/c1-13-9-14(2)11-22(10-13)28(24,25)18-7-5-17(6-8-18)20(23)26-12-19-15(3)21-27-16(19)4/h5-8,13-14H,9-12H2,1-4H3/t13-,14-/m0/s1. The summed E-state index contributed by atoms with van der Waals surface area (Å²) in [6.45, 7) is 8.77. The third kappa shape index (κ3) is 4.28. The first-order valence-electron chi connectivity index (χ1n) is 9.37. The summed E-state index contributed by atoms with van der Waals surface area (Å²) < 4.78 is 37.7. The molecule has 1 aliphatic heterocycles. The highest BCUT2D eigenvalue weighted by molar-refractivity contribution is 7.89. The number of aromatic nitrogens is 1. The molecule has 1 fully saturated rings. The maximum Gasteiger partial charge on any atom is 0.338 e. The number of piperidine rings is 1. The zero-order valence-electron chi connectivity index (χ0n) is 16.6. The number of hydrogen-bond donors (Lipinski definition) is 0. The molecular weight excluding hydrogens is 380 g/mol. The van der Waals surface area contributed by atoms with Crippen molar-refractivity contribution < 1.29 is 22.5 Å². The number of sulfonamides is 1. The molecule has 1 saturated heterocycles. The normalized spacial score (nSPS) is 20.9. The largest absolute Gasteiger partial charge is 0.457 e. The minimum Gasteiger partial charge on any atom is -0.457 e. The average Bonchev–Trinajstić information content (AvgIpc) is 2.97. The molecule has 0 N–H and O–H groups in total. The number of rotatable bonds is 5. The summed E-state index contributed by atoms with van der Waals surface area (Å²) in [4.78, 5) is 12.5. The van der Waals surface area contributed by atoms with Crippen LogP contribution in [0.5, 0.6) is 0 Å². The van der Waals surface area contributed by atoms with Gasteiger partial charge in [-0.25, -0.2) is 13.2 Å². The lowest BCUT2D eigenvalue weighted by Crippen LogP contribution is -2.42. The molecule has 28 heavy (non-hydrogen) atoms. The van der Waals surface area contributed by atoms with Gasteiger partial charge in [-0.2, -0.15) is 4.31 Å². The van der Waals surface area contributed by atoms with Gasteiger partial charge in [0.15, 0.2) is 0 Å². The average molecular weight is 407 g/mol. The topological polar surface area (TPSA) is 89.7 Å². The van der Waals surface area contributed by atoms with Crippen LogP contribution >= 0.6 is 0 Å². The van der Waals surface area contributed by atoms with Gasteiger partial charge in [0.25, 0.3) is 0 Å². The van der Waals surface area contributed by atoms with Crippen molar-refractivity contribution in [2.24, 2.45) is 11.8 Å². The number of nitrogens with zero attached hydrogens (tertiary/aromatic N) is 2. The van der Waals surface area contributed by atoms with Gasteiger partial charge >= 0.3 is 5.97 Å². The summed E-state index contributed by atoms with van der Waals surface area (Å²) in [6.07, 6.45) is 1.03. The van der Waals surface area contributed by atoms with Gasteiger partial charge in [0, 0.05) is 13.1 Å². The molecule has 2 heterocycles. The molecule has 1 aromatic carbocycles. The Hall–Kier alpha value is -2.19. The molecule has 2 aromatic rings. The van der Waals surface area contributed by atoms with Crippen molar-refractivity contribution in [2.45, 2.75) is 45.6 Å². The fourth-order valence-electron chi connectivity index (χ4n) is 3.64. The van der Waals surface area contributed by atoms with Crippen LogP contribution in [0.1, 0.15) is 47.6 Å². The van der Waals surface area contributed by atoms with Gasteiger partial charge in [0.05, 0.1) is 21.7 Å². The summed E-state index contributed by atoms with van der Waals surface area (Å²) >= 11 is 0. The predicted octanol–water partition coefficient (Wildman–Crippen LogP) is 3.32. The van der Waals surface area contributed by atoms with E-state index in [4.69, 9.17) is 9.26 Å². The number of hydrogen-bond acceptors (Lipinski definition) is 6. The van der Waals surface area contributed by atoms with Gasteiger partial charge in [-0.3, -0.25) is 0 Å². The van der Waals surface area contributed by atoms with Crippen LogP contribution in [0.3, 0.4) is 0 Å². The highest BCUT2D eigenvalue weighted by Gasteiger charge is 2.31. The molecule has 0 amide bonds. The van der Waals surface area contributed by atoms with Crippen LogP contribution in [0, 0.1) is 25.7 Å². The molecule has 0 radical (unpaired) electrons. The van der Waals surface area contributed by atoms with Crippen molar-refractivity contribution in [3.05, 3.63) is 46.8 Å². The molecule has 3 rings (SSSR count). The molecule has 152 valence electrons. The summed E-state index contributed by atoms with van der Waals surface area (Å²) in [5.74, 6) is 0.745. The molecular formula is C20H26N2O5S. The SMILES string of the molecule is Cc1noc(C)c1COC(=O)c1ccc(S(=O)(=O)N2C[C@@H](C)C[C@H](C)C2)cc1. The second-order valence-corrected chi connectivity index (χ2v) is 9.61. The van der Waals surface area contributed by atoms with Crippen molar-refractivity contribution in [3.8, 4) is 0 Å². The van der Waals surface area contributed by atoms with Crippen LogP contribution in [0.25, 0.3) is 0 Å². The van der Waals surface area contributed by atoms with Crippen molar-refractivity contribution in [1.82, 2.24) is 9.46 Å². The third-order valence-corrected chi connectivity index (χ3v) is 6.94. The van der Waals surface area contributed by atoms with Gasteiger partial charge < -0.3 is 9.26 Å². The van der Waals surface area contributed by atoms with Gasteiger partial charge in [0.1, 0.15) is 12.4 Å². The van der Waals surface area contributed by atoms with E-state index < -0.39 is 16.0 Å². The molecule has 0 saturated carbocycles. The van der Waals surface area contributed by atoms with Crippen LogP contribution in [-0.4, -0.2) is 36.9 Å². The molecule has 8 heteroatoms. The van der Waals surface area contributed by atoms with E-state index in [-0.39, 0.29) is 11.5 Å². The molecule has 2 atom stereocenters. The van der Waals surface area contributed by atoms with Gasteiger partial charge in [-0.05, 0) is 56.4 Å². The first-order chi connectivity index (χ1) is 13.2. The lowest BCUT2D eigenvalue weighted by atomic mass is 9.94. The van der Waals surface area contributed by atoms with E-state index in [1.165, 1.54) is 28.6 Å². The quantitative estimate of drug-likeness (QED) is 0.708. The second kappa shape index (κ2) is 8.05. The Morgan fingerprint density at radius 3 is 2.32 bits per heavy atom. The van der Waals surface area contributed by atoms with Crippen molar-refractivity contribution >= 4 is 16.0 Å². The highest BCUT2D eigenvalue weighted by Crippen LogP contribution is 2.27. The van der Waals surface area contributed by atoms with Crippen LogP contribution in [0.4, 0.5) is 0 Å². The van der Waals surface area contributed by atoms with Crippen LogP contribution in [0.15, 0.2) is 33.7 Å². The van der Waals surface area contributed by atoms with E-state index in [1.54, 1.807) is 13.8 Å². The molecule has 1 aliphatic rings. The Balaban J connectivity index is 1.69. The van der Waals surface area contributed by atoms with E-state index in [9.17, 15) is 13.2 Å². The first kappa shape index (κ1) is 20.5. The number of carbonyl (C=O) groups excluding carboxylic acids is 1. The summed E-state index contributed by atoms with van der Waals surface area (Å²) in [5.41, 5.74) is 1.71. The monoisotopic (exact) mass is 406 g/mol. The molecule has 1 aromatic heterocycles. The summed E-state index contributed by atoms with van der Waals surface area (Å²) in [5, 5.41) is 3.82. The maximum atomic E-state index is 12.9. The Morgan fingerprint density at radius 1 is 1.18 bits per heavy atom. The highest BCUT2D eigenvalue weighted by atomic mass is 32.2. The Morgan fingerprint density at radius 2 is 1.79 bits per heavy atom. The first-order valence-corrected chi connectivity index (χ1v) is 10.8. The summed E-state index contributed by atoms with van der Waals surface area (Å²) in [7, 11) is -3.57. The zero-order chi connectivity index (χ0) is 20.5. The van der Waals surface area contributed by atoms with Crippen LogP contribution in [0.2, 0.25) is 0 Å². The predicted molar refractivity (Wildman–Crippen MR) is 103 cm³/mol. The van der Waals surface area contributed by atoms with Crippen LogP contribution < -0.4 is 0 Å². The fraction of sp³-hybridized carbons (Fsp3) is 0.500. The minimum absolute atomic E-state index is 0.0591. The molecule has 7 nitrogen and oxygen atoms in total. The van der Waals surface area contributed by atoms with Crippen molar-refractivity contribution in [3.63, 3.8) is 0 Å². The van der Waals surface area contributed by atoms with E-state index >= 15 is 0 Å². The summed E-state index contributed by atoms with van der Waals surface area (Å²) in [6, 6.07) is 5.90. The number of esters is 1. The fourth-order valence-corrected chi connectivity index (χ4v) is 5.32. The molecule has 0 spiro atoms. The van der Waals surface area contributed by atoms with Crippen molar-refractivity contribution in [1.29, 1.82) is 0 Å². The maximum absolute atomic E-state index is 12.9. The van der Waals surface area contributed by atoms with Gasteiger partial charge in [0.2, 0.25) is 10.0 Å². The third-order valence-electron chi connectivity index (χ3n) is 5.09. The smallest absolute Gasteiger partial charge is 0.338 e. The lowest BCUT2D eigenvalue weighted by Gasteiger charge is -2.34. The molecule has 0 aliphatic carbocycles. The Kier molecular flexibility index (Phi) is 5.90. The van der Waals surface area contributed by atoms with E-state index in [1.807, 2.05) is 0 Å². The van der Waals surface area contributed by atoms with E-state index in [2.05, 4.69) is 19.0 Å². The van der Waals surface area contributed by atoms with Gasteiger partial charge in [-0.15, -0.1) is 0 Å². The number of benzene rings is 1. The number of aryl methyl sites for hydroxylation is 2. The molecule has 0 unspecified atom stereocenters. The number of ether oxygens (including phenoxy) is 1. The Labute approximate surface area is 165 Å². The Bertz CT molecular complexity index is 920. The zero-order valence-corrected chi connectivity index (χ0v) is 17.5. The van der Waals surface area contributed by atoms with E-state index in [0.717, 1.165) is 12.0 Å². The molecule has 0 bridgehead atoms. The minimum atomic E-state index is -3.57. The number of carbonyl (C=O) groups is 1. The lowest BCUT2D eigenvalue weighted by molar-refractivity contribution is 0.0470. The van der Waals surface area contributed by atoms with E-state index in [0.29, 0.717) is 41.9 Å². The van der Waals surface area contributed by atoms with Crippen molar-refractivity contribution in [2.75, 3.05) is 13.1 Å².